The molecule has 0 aliphatic carbocycles. The molecule has 1 aromatic rings. The molecule has 1 fully saturated rings. The molecule has 1 aliphatic heterocycles. The first-order valence-corrected chi connectivity index (χ1v) is 14.0. The number of phenolic OH excluding ortho intramolecular Hbond substituents is 1. The summed E-state index contributed by atoms with van der Waals surface area (Å²) in [6.45, 7) is 12.6. The summed E-state index contributed by atoms with van der Waals surface area (Å²) in [6, 6.07) is 1.89. The summed E-state index contributed by atoms with van der Waals surface area (Å²) in [5.41, 5.74) is 2.10. The lowest BCUT2D eigenvalue weighted by atomic mass is 9.80. The maximum atomic E-state index is 12.7. The fourth-order valence-electron chi connectivity index (χ4n) is 5.35. The van der Waals surface area contributed by atoms with Gasteiger partial charge in [-0.3, -0.25) is 9.59 Å². The molecule has 0 aromatic heterocycles. The zero-order valence-corrected chi connectivity index (χ0v) is 23.6. The number of phenols is 1. The lowest BCUT2D eigenvalue weighted by molar-refractivity contribution is -0.256. The van der Waals surface area contributed by atoms with Crippen molar-refractivity contribution in [1.29, 1.82) is 0 Å². The molecule has 1 N–H and O–H groups in total. The van der Waals surface area contributed by atoms with Gasteiger partial charge in [0.25, 0.3) is 5.79 Å². The number of cyclic esters (lactones) is 2. The van der Waals surface area contributed by atoms with Gasteiger partial charge in [0, 0.05) is 23.1 Å². The first-order valence-electron chi connectivity index (χ1n) is 14.0. The van der Waals surface area contributed by atoms with Crippen LogP contribution < -0.4 is 4.74 Å². The Morgan fingerprint density at radius 3 is 2.00 bits per heavy atom. The van der Waals surface area contributed by atoms with Crippen molar-refractivity contribution < 1.29 is 28.9 Å². The second kappa shape index (κ2) is 13.9. The lowest BCUT2D eigenvalue weighted by Gasteiger charge is -2.40. The number of benzene rings is 1. The van der Waals surface area contributed by atoms with Crippen LogP contribution in [0, 0.1) is 11.8 Å². The number of carbonyl (C=O) groups is 2. The van der Waals surface area contributed by atoms with Crippen molar-refractivity contribution in [3.05, 3.63) is 22.8 Å². The zero-order valence-electron chi connectivity index (χ0n) is 23.6. The van der Waals surface area contributed by atoms with Gasteiger partial charge in [-0.25, -0.2) is 0 Å². The predicted molar refractivity (Wildman–Crippen MR) is 142 cm³/mol. The van der Waals surface area contributed by atoms with Gasteiger partial charge in [0.15, 0.2) is 11.5 Å². The third-order valence-electron chi connectivity index (χ3n) is 7.61. The van der Waals surface area contributed by atoms with E-state index < -0.39 is 17.7 Å². The van der Waals surface area contributed by atoms with Crippen LogP contribution in [0.5, 0.6) is 11.5 Å². The molecular weight excluding hydrogens is 456 g/mol. The van der Waals surface area contributed by atoms with Gasteiger partial charge in [0.1, 0.15) is 6.42 Å². The summed E-state index contributed by atoms with van der Waals surface area (Å²) < 4.78 is 17.9. The maximum absolute atomic E-state index is 12.7. The molecule has 0 bridgehead atoms. The van der Waals surface area contributed by atoms with Crippen molar-refractivity contribution in [1.82, 2.24) is 0 Å². The fourth-order valence-corrected chi connectivity index (χ4v) is 5.35. The number of methoxy groups -OCH3 is 1. The average molecular weight is 505 g/mol. The summed E-state index contributed by atoms with van der Waals surface area (Å²) in [5.74, 6) is -1.61. The minimum Gasteiger partial charge on any atom is -0.504 e. The maximum Gasteiger partial charge on any atom is 0.320 e. The van der Waals surface area contributed by atoms with Gasteiger partial charge in [-0.2, -0.15) is 0 Å². The Kier molecular flexibility index (Phi) is 11.6. The van der Waals surface area contributed by atoms with Gasteiger partial charge in [0.2, 0.25) is 0 Å². The van der Waals surface area contributed by atoms with Gasteiger partial charge in [0.05, 0.1) is 7.11 Å². The highest BCUT2D eigenvalue weighted by molar-refractivity contribution is 5.93. The molecule has 2 atom stereocenters. The smallest absolute Gasteiger partial charge is 0.320 e. The lowest BCUT2D eigenvalue weighted by Crippen LogP contribution is -2.45. The van der Waals surface area contributed by atoms with Crippen molar-refractivity contribution in [3.63, 3.8) is 0 Å². The van der Waals surface area contributed by atoms with E-state index in [-0.39, 0.29) is 24.0 Å². The largest absolute Gasteiger partial charge is 0.504 e. The summed E-state index contributed by atoms with van der Waals surface area (Å²) in [6.07, 6.45) is 8.83. The van der Waals surface area contributed by atoms with Gasteiger partial charge in [-0.05, 0) is 30.2 Å². The van der Waals surface area contributed by atoms with E-state index in [9.17, 15) is 14.7 Å². The number of ether oxygens (including phenoxy) is 3. The monoisotopic (exact) mass is 504 g/mol. The van der Waals surface area contributed by atoms with Crippen LogP contribution in [0.15, 0.2) is 6.07 Å². The number of unbranched alkanes of at least 4 members (excludes halogenated alkanes) is 2. The summed E-state index contributed by atoms with van der Waals surface area (Å²) >= 11 is 0. The van der Waals surface area contributed by atoms with Gasteiger partial charge < -0.3 is 19.3 Å². The Labute approximate surface area is 218 Å². The number of esters is 2. The van der Waals surface area contributed by atoms with Crippen LogP contribution in [-0.4, -0.2) is 24.2 Å². The molecule has 1 aromatic carbocycles. The van der Waals surface area contributed by atoms with Crippen LogP contribution in [0.25, 0.3) is 0 Å². The quantitative estimate of drug-likeness (QED) is 0.196. The highest BCUT2D eigenvalue weighted by Gasteiger charge is 2.49. The summed E-state index contributed by atoms with van der Waals surface area (Å²) in [4.78, 5) is 25.4. The van der Waals surface area contributed by atoms with Crippen molar-refractivity contribution >= 4 is 11.9 Å². The summed E-state index contributed by atoms with van der Waals surface area (Å²) in [5, 5.41) is 11.2. The molecule has 2 unspecified atom stereocenters. The number of rotatable bonds is 15. The van der Waals surface area contributed by atoms with E-state index in [1.165, 1.54) is 0 Å². The second-order valence-corrected chi connectivity index (χ2v) is 10.6. The standard InChI is InChI=1S/C30H48O6/c1-8-12-14-21(10-3)16-24-25(17-23(20(5)6)28(33)29(24)34-7)30(19-22(11-4)15-13-9-2)35-26(31)18-27(32)36-30/h17,20-22,33H,8-16,18-19H2,1-7H3. The van der Waals surface area contributed by atoms with Gasteiger partial charge >= 0.3 is 11.9 Å². The van der Waals surface area contributed by atoms with E-state index in [4.69, 9.17) is 14.2 Å². The third-order valence-corrected chi connectivity index (χ3v) is 7.61. The first kappa shape index (κ1) is 30.0. The van der Waals surface area contributed by atoms with Crippen LogP contribution in [0.4, 0.5) is 0 Å². The number of hydrogen-bond donors (Lipinski definition) is 1. The van der Waals surface area contributed by atoms with Crippen LogP contribution in [0.2, 0.25) is 0 Å². The molecule has 0 saturated carbocycles. The first-order chi connectivity index (χ1) is 17.2. The Morgan fingerprint density at radius 2 is 1.53 bits per heavy atom. The topological polar surface area (TPSA) is 82.1 Å². The SMILES string of the molecule is CCCCC(CC)Cc1c(C2(CC(CC)CCCC)OC(=O)CC(=O)O2)cc(C(C)C)c(O)c1OC. The number of hydrogen-bond acceptors (Lipinski definition) is 6. The van der Waals surface area contributed by atoms with E-state index in [1.807, 2.05) is 19.9 Å². The Bertz CT molecular complexity index is 859. The van der Waals surface area contributed by atoms with E-state index in [0.717, 1.165) is 56.9 Å². The number of aromatic hydroxyl groups is 1. The van der Waals surface area contributed by atoms with E-state index >= 15 is 0 Å². The normalized spacial score (nSPS) is 17.0. The minimum absolute atomic E-state index is 0.0112. The van der Waals surface area contributed by atoms with E-state index in [0.29, 0.717) is 35.6 Å². The molecule has 2 rings (SSSR count). The highest BCUT2D eigenvalue weighted by atomic mass is 16.7. The molecule has 0 radical (unpaired) electrons. The van der Waals surface area contributed by atoms with Crippen LogP contribution in [0.3, 0.4) is 0 Å². The number of carbonyl (C=O) groups excluding carboxylic acids is 2. The molecule has 6 nitrogen and oxygen atoms in total. The molecule has 0 amide bonds. The van der Waals surface area contributed by atoms with Crippen molar-refractivity contribution in [3.8, 4) is 11.5 Å². The van der Waals surface area contributed by atoms with Crippen molar-refractivity contribution in [2.45, 2.75) is 124 Å². The minimum atomic E-state index is -1.52. The molecular formula is C30H48O6. The fraction of sp³-hybridized carbons (Fsp3) is 0.733. The molecule has 1 saturated heterocycles. The van der Waals surface area contributed by atoms with Gasteiger partial charge in [-0.15, -0.1) is 0 Å². The van der Waals surface area contributed by atoms with Crippen molar-refractivity contribution in [2.24, 2.45) is 11.8 Å². The van der Waals surface area contributed by atoms with Crippen molar-refractivity contribution in [2.75, 3.05) is 7.11 Å². The zero-order chi connectivity index (χ0) is 26.9. The Balaban J connectivity index is 2.79. The van der Waals surface area contributed by atoms with E-state index in [1.54, 1.807) is 7.11 Å². The molecule has 6 heteroatoms. The second-order valence-electron chi connectivity index (χ2n) is 10.6. The Morgan fingerprint density at radius 1 is 0.972 bits per heavy atom. The predicted octanol–water partition coefficient (Wildman–Crippen LogP) is 7.53. The third kappa shape index (κ3) is 7.17. The Hall–Kier alpha value is -2.24. The van der Waals surface area contributed by atoms with Crippen LogP contribution >= 0.6 is 0 Å². The van der Waals surface area contributed by atoms with Crippen LogP contribution in [0.1, 0.15) is 128 Å². The van der Waals surface area contributed by atoms with Gasteiger partial charge in [-0.1, -0.05) is 92.9 Å². The molecule has 36 heavy (non-hydrogen) atoms. The molecule has 1 heterocycles. The molecule has 0 spiro atoms. The average Bonchev–Trinajstić information content (AvgIpc) is 2.83. The van der Waals surface area contributed by atoms with Crippen LogP contribution in [-0.2, 0) is 31.3 Å². The van der Waals surface area contributed by atoms with E-state index in [2.05, 4.69) is 27.7 Å². The highest BCUT2D eigenvalue weighted by Crippen LogP contribution is 2.49. The molecule has 1 aliphatic rings. The summed E-state index contributed by atoms with van der Waals surface area (Å²) in [7, 11) is 1.56. The molecule has 204 valence electrons.